The van der Waals surface area contributed by atoms with Crippen molar-refractivity contribution in [2.75, 3.05) is 0 Å². The highest BCUT2D eigenvalue weighted by Crippen LogP contribution is 2.26. The van der Waals surface area contributed by atoms with Crippen molar-refractivity contribution in [3.63, 3.8) is 0 Å². The summed E-state index contributed by atoms with van der Waals surface area (Å²) in [6.07, 6.45) is 1.54. The number of primary amides is 1. The Bertz CT molecular complexity index is 602. The van der Waals surface area contributed by atoms with Crippen LogP contribution in [0.5, 0.6) is 11.6 Å². The van der Waals surface area contributed by atoms with E-state index in [1.165, 1.54) is 6.20 Å². The van der Waals surface area contributed by atoms with Crippen LogP contribution in [-0.2, 0) is 0 Å². The van der Waals surface area contributed by atoms with Crippen molar-refractivity contribution >= 4 is 17.5 Å². The van der Waals surface area contributed by atoms with Gasteiger partial charge in [0, 0.05) is 11.8 Å². The molecule has 1 heterocycles. The quantitative estimate of drug-likeness (QED) is 0.862. The predicted molar refractivity (Wildman–Crippen MR) is 66.8 cm³/mol. The van der Waals surface area contributed by atoms with Crippen LogP contribution in [0.2, 0.25) is 5.28 Å². The molecule has 1 aromatic heterocycles. The zero-order valence-corrected chi connectivity index (χ0v) is 10.3. The van der Waals surface area contributed by atoms with Gasteiger partial charge >= 0.3 is 0 Å². The van der Waals surface area contributed by atoms with Gasteiger partial charge < -0.3 is 10.5 Å². The van der Waals surface area contributed by atoms with E-state index < -0.39 is 5.91 Å². The molecule has 1 amide bonds. The van der Waals surface area contributed by atoms with E-state index in [0.29, 0.717) is 17.2 Å². The SMILES string of the molecule is Cc1cnc(Cl)nc1Oc1ccccc1C(N)=O. The summed E-state index contributed by atoms with van der Waals surface area (Å²) in [6, 6.07) is 6.65. The van der Waals surface area contributed by atoms with Crippen molar-refractivity contribution in [3.05, 3.63) is 46.9 Å². The van der Waals surface area contributed by atoms with Crippen LogP contribution in [0.4, 0.5) is 0 Å². The minimum Gasteiger partial charge on any atom is -0.438 e. The average molecular weight is 264 g/mol. The molecule has 1 aromatic carbocycles. The maximum Gasteiger partial charge on any atom is 0.252 e. The van der Waals surface area contributed by atoms with Crippen LogP contribution in [-0.4, -0.2) is 15.9 Å². The number of carbonyl (C=O) groups excluding carboxylic acids is 1. The number of hydrogen-bond acceptors (Lipinski definition) is 4. The normalized spacial score (nSPS) is 10.1. The van der Waals surface area contributed by atoms with Gasteiger partial charge in [0.05, 0.1) is 5.56 Å². The molecule has 0 aliphatic carbocycles. The molecule has 0 aliphatic rings. The van der Waals surface area contributed by atoms with Crippen LogP contribution in [0.25, 0.3) is 0 Å². The van der Waals surface area contributed by atoms with Crippen molar-refractivity contribution in [2.45, 2.75) is 6.92 Å². The lowest BCUT2D eigenvalue weighted by Crippen LogP contribution is -2.12. The maximum atomic E-state index is 11.2. The minimum absolute atomic E-state index is 0.0761. The minimum atomic E-state index is -0.566. The Morgan fingerprint density at radius 2 is 2.11 bits per heavy atom. The van der Waals surface area contributed by atoms with E-state index >= 15 is 0 Å². The number of aromatic nitrogens is 2. The fourth-order valence-electron chi connectivity index (χ4n) is 1.37. The topological polar surface area (TPSA) is 78.1 Å². The molecular weight excluding hydrogens is 254 g/mol. The average Bonchev–Trinajstić information content (AvgIpc) is 2.34. The molecule has 0 aliphatic heterocycles. The Kier molecular flexibility index (Phi) is 3.43. The van der Waals surface area contributed by atoms with Crippen LogP contribution in [0, 0.1) is 6.92 Å². The second-order valence-corrected chi connectivity index (χ2v) is 3.93. The molecule has 2 N–H and O–H groups in total. The highest BCUT2D eigenvalue weighted by atomic mass is 35.5. The summed E-state index contributed by atoms with van der Waals surface area (Å²) in [5.74, 6) is 0.0648. The lowest BCUT2D eigenvalue weighted by molar-refractivity contribution is 0.0998. The molecule has 6 heteroatoms. The summed E-state index contributed by atoms with van der Waals surface area (Å²) in [5.41, 5.74) is 6.25. The van der Waals surface area contributed by atoms with Crippen LogP contribution in [0.1, 0.15) is 15.9 Å². The number of nitrogens with two attached hydrogens (primary N) is 1. The third-order valence-electron chi connectivity index (χ3n) is 2.26. The predicted octanol–water partition coefficient (Wildman–Crippen LogP) is 2.33. The van der Waals surface area contributed by atoms with Gasteiger partial charge in [0.15, 0.2) is 0 Å². The number of halogens is 1. The van der Waals surface area contributed by atoms with E-state index in [-0.39, 0.29) is 10.8 Å². The Morgan fingerprint density at radius 1 is 1.39 bits per heavy atom. The second kappa shape index (κ2) is 5.01. The lowest BCUT2D eigenvalue weighted by atomic mass is 10.2. The van der Waals surface area contributed by atoms with Gasteiger partial charge in [0.2, 0.25) is 11.2 Å². The molecule has 2 aromatic rings. The van der Waals surface area contributed by atoms with Crippen molar-refractivity contribution < 1.29 is 9.53 Å². The molecule has 92 valence electrons. The van der Waals surface area contributed by atoms with E-state index in [2.05, 4.69) is 9.97 Å². The largest absolute Gasteiger partial charge is 0.438 e. The first-order valence-electron chi connectivity index (χ1n) is 5.14. The van der Waals surface area contributed by atoms with E-state index in [1.807, 2.05) is 0 Å². The number of aryl methyl sites for hydroxylation is 1. The summed E-state index contributed by atoms with van der Waals surface area (Å²) >= 11 is 5.69. The second-order valence-electron chi connectivity index (χ2n) is 3.59. The molecule has 18 heavy (non-hydrogen) atoms. The molecular formula is C12H10ClN3O2. The van der Waals surface area contributed by atoms with Crippen LogP contribution < -0.4 is 10.5 Å². The van der Waals surface area contributed by atoms with Gasteiger partial charge in [0.1, 0.15) is 5.75 Å². The number of nitrogens with zero attached hydrogens (tertiary/aromatic N) is 2. The Labute approximate surface area is 109 Å². The number of hydrogen-bond donors (Lipinski definition) is 1. The smallest absolute Gasteiger partial charge is 0.252 e. The fourth-order valence-corrected chi connectivity index (χ4v) is 1.50. The number of rotatable bonds is 3. The molecule has 0 atom stereocenters. The lowest BCUT2D eigenvalue weighted by Gasteiger charge is -2.09. The summed E-state index contributed by atoms with van der Waals surface area (Å²) in [7, 11) is 0. The van der Waals surface area contributed by atoms with Gasteiger partial charge in [-0.1, -0.05) is 12.1 Å². The zero-order chi connectivity index (χ0) is 13.1. The van der Waals surface area contributed by atoms with E-state index in [4.69, 9.17) is 22.1 Å². The van der Waals surface area contributed by atoms with Gasteiger partial charge in [-0.2, -0.15) is 4.98 Å². The van der Waals surface area contributed by atoms with Crippen LogP contribution >= 0.6 is 11.6 Å². The summed E-state index contributed by atoms with van der Waals surface area (Å²) in [6.45, 7) is 1.78. The van der Waals surface area contributed by atoms with Crippen LogP contribution in [0.3, 0.4) is 0 Å². The Morgan fingerprint density at radius 3 is 2.83 bits per heavy atom. The van der Waals surface area contributed by atoms with Crippen molar-refractivity contribution in [1.82, 2.24) is 9.97 Å². The van der Waals surface area contributed by atoms with Gasteiger partial charge in [-0.3, -0.25) is 4.79 Å². The maximum absolute atomic E-state index is 11.2. The molecule has 0 saturated heterocycles. The molecule has 0 fully saturated rings. The summed E-state index contributed by atoms with van der Waals surface area (Å²) < 4.78 is 5.55. The number of amides is 1. The van der Waals surface area contributed by atoms with Crippen molar-refractivity contribution in [1.29, 1.82) is 0 Å². The van der Waals surface area contributed by atoms with Gasteiger partial charge in [0.25, 0.3) is 5.91 Å². The first-order valence-corrected chi connectivity index (χ1v) is 5.51. The number of benzene rings is 1. The molecule has 0 saturated carbocycles. The monoisotopic (exact) mass is 263 g/mol. The zero-order valence-electron chi connectivity index (χ0n) is 9.55. The molecule has 0 unspecified atom stereocenters. The van der Waals surface area contributed by atoms with Crippen molar-refractivity contribution in [2.24, 2.45) is 5.73 Å². The molecule has 0 radical (unpaired) electrons. The Hall–Kier alpha value is -2.14. The molecule has 5 nitrogen and oxygen atoms in total. The Balaban J connectivity index is 2.40. The van der Waals surface area contributed by atoms with Gasteiger partial charge in [-0.15, -0.1) is 0 Å². The van der Waals surface area contributed by atoms with Gasteiger partial charge in [-0.25, -0.2) is 4.98 Å². The summed E-state index contributed by atoms with van der Waals surface area (Å²) in [5, 5.41) is 0.0761. The number of ether oxygens (including phenoxy) is 1. The highest BCUT2D eigenvalue weighted by molar-refractivity contribution is 6.28. The standard InChI is InChI=1S/C12H10ClN3O2/c1-7-6-15-12(13)16-11(7)18-9-5-3-2-4-8(9)10(14)17/h2-6H,1H3,(H2,14,17). The van der Waals surface area contributed by atoms with Gasteiger partial charge in [-0.05, 0) is 30.7 Å². The first-order chi connectivity index (χ1) is 8.58. The summed E-state index contributed by atoms with van der Waals surface area (Å²) in [4.78, 5) is 19.0. The molecule has 0 spiro atoms. The third kappa shape index (κ3) is 2.57. The first kappa shape index (κ1) is 12.3. The molecule has 2 rings (SSSR count). The molecule has 0 bridgehead atoms. The highest BCUT2D eigenvalue weighted by Gasteiger charge is 2.11. The number of carbonyl (C=O) groups is 1. The van der Waals surface area contributed by atoms with E-state index in [9.17, 15) is 4.79 Å². The van der Waals surface area contributed by atoms with E-state index in [1.54, 1.807) is 31.2 Å². The third-order valence-corrected chi connectivity index (χ3v) is 2.44. The van der Waals surface area contributed by atoms with E-state index in [0.717, 1.165) is 0 Å². The van der Waals surface area contributed by atoms with Crippen LogP contribution in [0.15, 0.2) is 30.5 Å². The van der Waals surface area contributed by atoms with Crippen molar-refractivity contribution in [3.8, 4) is 11.6 Å². The fraction of sp³-hybridized carbons (Fsp3) is 0.0833. The number of para-hydroxylation sites is 1.